The standard InChI is InChI=1S/C18H24N4O3.ClH/c1-25-11-6-19-13-17(23)21-7-9-22(10-8-21)18(24)16-12-14-4-2-3-5-15(14)20-16;/h2-5,12,19-20H,6-11,13H2,1H3;1H. The van der Waals surface area contributed by atoms with Crippen LogP contribution in [0.3, 0.4) is 0 Å². The highest BCUT2D eigenvalue weighted by atomic mass is 35.5. The number of H-pyrrole nitrogens is 1. The molecule has 8 heteroatoms. The molecule has 0 saturated carbocycles. The Morgan fingerprint density at radius 1 is 1.15 bits per heavy atom. The molecule has 2 amide bonds. The van der Waals surface area contributed by atoms with Crippen LogP contribution in [0.15, 0.2) is 30.3 Å². The summed E-state index contributed by atoms with van der Waals surface area (Å²) in [6.45, 7) is 3.78. The van der Waals surface area contributed by atoms with E-state index in [1.165, 1.54) is 0 Å². The van der Waals surface area contributed by atoms with Crippen LogP contribution in [0.4, 0.5) is 0 Å². The lowest BCUT2D eigenvalue weighted by Crippen LogP contribution is -2.52. The number of methoxy groups -OCH3 is 1. The lowest BCUT2D eigenvalue weighted by atomic mass is 10.2. The minimum atomic E-state index is -0.0125. The third kappa shape index (κ3) is 4.75. The monoisotopic (exact) mass is 380 g/mol. The number of rotatable bonds is 6. The summed E-state index contributed by atoms with van der Waals surface area (Å²) >= 11 is 0. The second kappa shape index (κ2) is 9.56. The van der Waals surface area contributed by atoms with E-state index in [0.717, 1.165) is 10.9 Å². The SMILES string of the molecule is COCCNCC(=O)N1CCN(C(=O)c2cc3ccccc3[nH]2)CC1.Cl. The topological polar surface area (TPSA) is 77.7 Å². The number of fused-ring (bicyclic) bond motifs is 1. The first-order valence-corrected chi connectivity index (χ1v) is 8.53. The Morgan fingerprint density at radius 2 is 1.85 bits per heavy atom. The minimum absolute atomic E-state index is 0. The lowest BCUT2D eigenvalue weighted by Gasteiger charge is -2.34. The molecule has 3 rings (SSSR count). The van der Waals surface area contributed by atoms with E-state index >= 15 is 0 Å². The molecule has 1 fully saturated rings. The molecule has 0 bridgehead atoms. The number of aromatic amines is 1. The normalized spacial score (nSPS) is 14.3. The summed E-state index contributed by atoms with van der Waals surface area (Å²) in [4.78, 5) is 31.6. The maximum Gasteiger partial charge on any atom is 0.270 e. The number of carbonyl (C=O) groups is 2. The van der Waals surface area contributed by atoms with Gasteiger partial charge in [-0.2, -0.15) is 0 Å². The minimum Gasteiger partial charge on any atom is -0.383 e. The molecule has 0 unspecified atom stereocenters. The molecule has 142 valence electrons. The van der Waals surface area contributed by atoms with E-state index in [4.69, 9.17) is 4.74 Å². The predicted octanol–water partition coefficient (Wildman–Crippen LogP) is 1.11. The predicted molar refractivity (Wildman–Crippen MR) is 103 cm³/mol. The zero-order chi connectivity index (χ0) is 17.6. The van der Waals surface area contributed by atoms with Crippen LogP contribution in [0, 0.1) is 0 Å². The van der Waals surface area contributed by atoms with E-state index in [-0.39, 0.29) is 24.2 Å². The molecule has 1 aromatic heterocycles. The van der Waals surface area contributed by atoms with Crippen LogP contribution in [-0.4, -0.2) is 79.6 Å². The highest BCUT2D eigenvalue weighted by Crippen LogP contribution is 2.16. The summed E-state index contributed by atoms with van der Waals surface area (Å²) in [5, 5.41) is 4.09. The van der Waals surface area contributed by atoms with Crippen molar-refractivity contribution in [1.82, 2.24) is 20.1 Å². The Bertz CT molecular complexity index is 708. The Hall–Kier alpha value is -2.09. The fourth-order valence-corrected chi connectivity index (χ4v) is 3.00. The van der Waals surface area contributed by atoms with Crippen molar-refractivity contribution in [2.75, 3.05) is 53.0 Å². The van der Waals surface area contributed by atoms with Crippen molar-refractivity contribution in [3.05, 3.63) is 36.0 Å². The van der Waals surface area contributed by atoms with Crippen molar-refractivity contribution in [2.24, 2.45) is 0 Å². The highest BCUT2D eigenvalue weighted by molar-refractivity contribution is 5.98. The summed E-state index contributed by atoms with van der Waals surface area (Å²) < 4.78 is 4.94. The van der Waals surface area contributed by atoms with Crippen LogP contribution in [0.5, 0.6) is 0 Å². The van der Waals surface area contributed by atoms with Gasteiger partial charge in [0, 0.05) is 50.7 Å². The summed E-state index contributed by atoms with van der Waals surface area (Å²) in [5.74, 6) is 0.0512. The van der Waals surface area contributed by atoms with Gasteiger partial charge in [0.1, 0.15) is 5.69 Å². The van der Waals surface area contributed by atoms with Gasteiger partial charge in [0.15, 0.2) is 0 Å². The molecule has 1 aliphatic rings. The molecule has 1 aliphatic heterocycles. The van der Waals surface area contributed by atoms with E-state index in [9.17, 15) is 9.59 Å². The van der Waals surface area contributed by atoms with Crippen molar-refractivity contribution in [2.45, 2.75) is 0 Å². The number of hydrogen-bond donors (Lipinski definition) is 2. The molecule has 0 spiro atoms. The third-order valence-corrected chi connectivity index (χ3v) is 4.44. The van der Waals surface area contributed by atoms with Gasteiger partial charge < -0.3 is 24.8 Å². The van der Waals surface area contributed by atoms with Gasteiger partial charge in [0.25, 0.3) is 5.91 Å². The largest absolute Gasteiger partial charge is 0.383 e. The first-order chi connectivity index (χ1) is 12.2. The summed E-state index contributed by atoms with van der Waals surface area (Å²) in [6, 6.07) is 9.72. The van der Waals surface area contributed by atoms with Crippen molar-refractivity contribution in [3.63, 3.8) is 0 Å². The molecular weight excluding hydrogens is 356 g/mol. The molecule has 26 heavy (non-hydrogen) atoms. The van der Waals surface area contributed by atoms with Crippen LogP contribution in [-0.2, 0) is 9.53 Å². The molecule has 1 saturated heterocycles. The van der Waals surface area contributed by atoms with Gasteiger partial charge in [0.2, 0.25) is 5.91 Å². The summed E-state index contributed by atoms with van der Waals surface area (Å²) in [5.41, 5.74) is 1.56. The van der Waals surface area contributed by atoms with Gasteiger partial charge in [-0.25, -0.2) is 0 Å². The third-order valence-electron chi connectivity index (χ3n) is 4.44. The molecule has 2 heterocycles. The zero-order valence-corrected chi connectivity index (χ0v) is 15.7. The van der Waals surface area contributed by atoms with Crippen molar-refractivity contribution >= 4 is 35.1 Å². The highest BCUT2D eigenvalue weighted by Gasteiger charge is 2.25. The number of amides is 2. The quantitative estimate of drug-likeness (QED) is 0.736. The second-order valence-corrected chi connectivity index (χ2v) is 6.11. The van der Waals surface area contributed by atoms with Gasteiger partial charge in [-0.05, 0) is 12.1 Å². The number of nitrogens with zero attached hydrogens (tertiary/aromatic N) is 2. The van der Waals surface area contributed by atoms with Crippen LogP contribution in [0.2, 0.25) is 0 Å². The first-order valence-electron chi connectivity index (χ1n) is 8.53. The Balaban J connectivity index is 0.00000243. The van der Waals surface area contributed by atoms with E-state index in [0.29, 0.717) is 51.6 Å². The molecule has 2 aromatic rings. The van der Waals surface area contributed by atoms with Crippen LogP contribution in [0.25, 0.3) is 10.9 Å². The lowest BCUT2D eigenvalue weighted by molar-refractivity contribution is -0.131. The van der Waals surface area contributed by atoms with E-state index in [1.807, 2.05) is 30.3 Å². The molecule has 0 radical (unpaired) electrons. The molecule has 2 N–H and O–H groups in total. The fourth-order valence-electron chi connectivity index (χ4n) is 3.00. The average Bonchev–Trinajstić information content (AvgIpc) is 3.09. The van der Waals surface area contributed by atoms with E-state index in [2.05, 4.69) is 10.3 Å². The van der Waals surface area contributed by atoms with Crippen molar-refractivity contribution < 1.29 is 14.3 Å². The summed E-state index contributed by atoms with van der Waals surface area (Å²) in [6.07, 6.45) is 0. The smallest absolute Gasteiger partial charge is 0.270 e. The number of carbonyl (C=O) groups excluding carboxylic acids is 2. The van der Waals surface area contributed by atoms with Crippen LogP contribution in [0.1, 0.15) is 10.5 Å². The van der Waals surface area contributed by atoms with Gasteiger partial charge in [-0.15, -0.1) is 12.4 Å². The maximum absolute atomic E-state index is 12.7. The molecule has 1 aromatic carbocycles. The average molecular weight is 381 g/mol. The van der Waals surface area contributed by atoms with Crippen LogP contribution >= 0.6 is 12.4 Å². The number of piperazine rings is 1. The van der Waals surface area contributed by atoms with Crippen LogP contribution < -0.4 is 5.32 Å². The van der Waals surface area contributed by atoms with E-state index < -0.39 is 0 Å². The molecule has 0 atom stereocenters. The van der Waals surface area contributed by atoms with Crippen molar-refractivity contribution in [1.29, 1.82) is 0 Å². The van der Waals surface area contributed by atoms with Gasteiger partial charge in [0.05, 0.1) is 13.2 Å². The number of para-hydroxylation sites is 1. The first kappa shape index (κ1) is 20.2. The Kier molecular flexibility index (Phi) is 7.44. The number of halogens is 1. The van der Waals surface area contributed by atoms with Gasteiger partial charge in [-0.1, -0.05) is 18.2 Å². The molecular formula is C18H25ClN4O3. The maximum atomic E-state index is 12.7. The van der Waals surface area contributed by atoms with Gasteiger partial charge >= 0.3 is 0 Å². The number of nitrogens with one attached hydrogen (secondary N) is 2. The second-order valence-electron chi connectivity index (χ2n) is 6.11. The number of benzene rings is 1. The number of hydrogen-bond acceptors (Lipinski definition) is 4. The molecule has 0 aliphatic carbocycles. The van der Waals surface area contributed by atoms with Gasteiger partial charge in [-0.3, -0.25) is 9.59 Å². The van der Waals surface area contributed by atoms with Crippen molar-refractivity contribution in [3.8, 4) is 0 Å². The molecule has 7 nitrogen and oxygen atoms in total. The Labute approximate surface area is 159 Å². The number of aromatic nitrogens is 1. The zero-order valence-electron chi connectivity index (χ0n) is 14.9. The fraction of sp³-hybridized carbons (Fsp3) is 0.444. The summed E-state index contributed by atoms with van der Waals surface area (Å²) in [7, 11) is 1.63. The van der Waals surface area contributed by atoms with E-state index in [1.54, 1.807) is 16.9 Å². The Morgan fingerprint density at radius 3 is 2.54 bits per heavy atom. The number of ether oxygens (including phenoxy) is 1.